The van der Waals surface area contributed by atoms with Gasteiger partial charge in [-0.1, -0.05) is 41.9 Å². The zero-order valence-corrected chi connectivity index (χ0v) is 17.7. The number of hydrogen-bond acceptors (Lipinski definition) is 4. The van der Waals surface area contributed by atoms with Gasteiger partial charge in [-0.2, -0.15) is 5.10 Å². The van der Waals surface area contributed by atoms with Gasteiger partial charge in [0.1, 0.15) is 5.15 Å². The second-order valence-electron chi connectivity index (χ2n) is 7.49. The summed E-state index contributed by atoms with van der Waals surface area (Å²) in [5.74, 6) is -0.548. The monoisotopic (exact) mass is 446 g/mol. The van der Waals surface area contributed by atoms with E-state index in [0.717, 1.165) is 5.56 Å². The first-order valence-electron chi connectivity index (χ1n) is 9.45. The topological polar surface area (TPSA) is 89.2 Å². The molecule has 30 heavy (non-hydrogen) atoms. The highest BCUT2D eigenvalue weighted by Gasteiger charge is 2.46. The van der Waals surface area contributed by atoms with Crippen LogP contribution < -0.4 is 10.6 Å². The molecule has 1 aromatic carbocycles. The molecular weight excluding hydrogens is 427 g/mol. The highest BCUT2D eigenvalue weighted by Crippen LogP contribution is 2.43. The van der Waals surface area contributed by atoms with Crippen molar-refractivity contribution in [1.29, 1.82) is 0 Å². The molecule has 1 aliphatic carbocycles. The first-order valence-corrected chi connectivity index (χ1v) is 10.2. The van der Waals surface area contributed by atoms with Crippen molar-refractivity contribution in [3.05, 3.63) is 75.9 Å². The molecule has 2 heterocycles. The summed E-state index contributed by atoms with van der Waals surface area (Å²) in [7, 11) is 1.68. The first-order chi connectivity index (χ1) is 14.4. The molecule has 7 nitrogen and oxygen atoms in total. The lowest BCUT2D eigenvalue weighted by Gasteiger charge is -2.48. The van der Waals surface area contributed by atoms with Gasteiger partial charge in [0.25, 0.3) is 11.8 Å². The number of nitrogens with zero attached hydrogens (tertiary/aromatic N) is 2. The lowest BCUT2D eigenvalue weighted by Crippen LogP contribution is -2.57. The SMILES string of the molecule is Cn1ncc(C(=O)NCC2(c3ccccc3)CC(NC(=O)c3ccoc3Cl)C2)c1Cl. The Hall–Kier alpha value is -2.77. The van der Waals surface area contributed by atoms with Crippen LogP contribution in [-0.2, 0) is 12.5 Å². The molecular formula is C21H20Cl2N4O3. The number of amides is 2. The normalized spacial score (nSPS) is 20.4. The van der Waals surface area contributed by atoms with E-state index < -0.39 is 0 Å². The number of benzene rings is 1. The molecule has 9 heteroatoms. The minimum absolute atomic E-state index is 0.0393. The zero-order chi connectivity index (χ0) is 21.3. The molecule has 1 saturated carbocycles. The number of furan rings is 1. The van der Waals surface area contributed by atoms with Gasteiger partial charge in [-0.05, 0) is 36.1 Å². The molecule has 0 saturated heterocycles. The maximum absolute atomic E-state index is 12.6. The second kappa shape index (κ2) is 8.16. The fraction of sp³-hybridized carbons (Fsp3) is 0.286. The van der Waals surface area contributed by atoms with Crippen molar-refractivity contribution < 1.29 is 14.0 Å². The van der Waals surface area contributed by atoms with Crippen molar-refractivity contribution >= 4 is 35.0 Å². The summed E-state index contributed by atoms with van der Waals surface area (Å²) >= 11 is 12.0. The molecule has 0 bridgehead atoms. The lowest BCUT2D eigenvalue weighted by atomic mass is 9.61. The largest absolute Gasteiger partial charge is 0.452 e. The van der Waals surface area contributed by atoms with E-state index in [2.05, 4.69) is 15.7 Å². The molecule has 3 aromatic rings. The summed E-state index contributed by atoms with van der Waals surface area (Å²) in [6.45, 7) is 0.417. The van der Waals surface area contributed by atoms with Crippen LogP contribution in [0.1, 0.15) is 39.1 Å². The Kier molecular flexibility index (Phi) is 5.58. The van der Waals surface area contributed by atoms with Gasteiger partial charge in [-0.3, -0.25) is 14.3 Å². The molecule has 2 amide bonds. The molecule has 156 valence electrons. The Bertz CT molecular complexity index is 1070. The highest BCUT2D eigenvalue weighted by atomic mass is 35.5. The Labute approximate surface area is 183 Å². The lowest BCUT2D eigenvalue weighted by molar-refractivity contribution is 0.0823. The van der Waals surface area contributed by atoms with E-state index in [1.165, 1.54) is 17.1 Å². The Morgan fingerprint density at radius 1 is 1.17 bits per heavy atom. The second-order valence-corrected chi connectivity index (χ2v) is 8.19. The summed E-state index contributed by atoms with van der Waals surface area (Å²) in [6.07, 6.45) is 4.19. The predicted molar refractivity (Wildman–Crippen MR) is 113 cm³/mol. The fourth-order valence-corrected chi connectivity index (χ4v) is 4.28. The van der Waals surface area contributed by atoms with Gasteiger partial charge in [-0.15, -0.1) is 0 Å². The number of aromatic nitrogens is 2. The van der Waals surface area contributed by atoms with Gasteiger partial charge in [0.15, 0.2) is 0 Å². The van der Waals surface area contributed by atoms with Crippen molar-refractivity contribution in [3.8, 4) is 0 Å². The third kappa shape index (κ3) is 3.82. The minimum Gasteiger partial charge on any atom is -0.452 e. The van der Waals surface area contributed by atoms with Crippen molar-refractivity contribution in [2.45, 2.75) is 24.3 Å². The first kappa shape index (κ1) is 20.5. The third-order valence-electron chi connectivity index (χ3n) is 5.56. The molecule has 1 fully saturated rings. The standard InChI is InChI=1S/C21H20Cl2N4O3/c1-27-17(22)16(11-25-27)19(28)24-12-21(13-5-3-2-4-6-13)9-14(10-21)26-20(29)15-7-8-30-18(15)23/h2-8,11,14H,9-10,12H2,1H3,(H,24,28)(H,26,29). The maximum Gasteiger partial charge on any atom is 0.256 e. The van der Waals surface area contributed by atoms with Crippen LogP contribution in [0.25, 0.3) is 0 Å². The van der Waals surface area contributed by atoms with E-state index >= 15 is 0 Å². The molecule has 0 unspecified atom stereocenters. The molecule has 0 spiro atoms. The van der Waals surface area contributed by atoms with Gasteiger partial charge < -0.3 is 15.1 Å². The molecule has 0 atom stereocenters. The summed E-state index contributed by atoms with van der Waals surface area (Å²) in [4.78, 5) is 25.0. The number of nitrogens with one attached hydrogen (secondary N) is 2. The minimum atomic E-state index is -0.288. The smallest absolute Gasteiger partial charge is 0.256 e. The summed E-state index contributed by atoms with van der Waals surface area (Å²) in [5.41, 5.74) is 1.47. The van der Waals surface area contributed by atoms with E-state index in [0.29, 0.717) is 30.5 Å². The summed E-state index contributed by atoms with van der Waals surface area (Å²) in [5, 5.41) is 10.3. The molecule has 0 radical (unpaired) electrons. The Morgan fingerprint density at radius 3 is 2.50 bits per heavy atom. The third-order valence-corrected chi connectivity index (χ3v) is 6.30. The van der Waals surface area contributed by atoms with E-state index in [1.807, 2.05) is 30.3 Å². The number of halogens is 2. The summed E-state index contributed by atoms with van der Waals surface area (Å²) in [6, 6.07) is 11.5. The number of hydrogen-bond donors (Lipinski definition) is 2. The van der Waals surface area contributed by atoms with Gasteiger partial charge in [0.2, 0.25) is 5.22 Å². The van der Waals surface area contributed by atoms with Crippen LogP contribution in [0.2, 0.25) is 10.4 Å². The number of aryl methyl sites for hydroxylation is 1. The van der Waals surface area contributed by atoms with Crippen LogP contribution in [0, 0.1) is 0 Å². The molecule has 2 N–H and O–H groups in total. The van der Waals surface area contributed by atoms with Crippen LogP contribution in [0.15, 0.2) is 53.3 Å². The quantitative estimate of drug-likeness (QED) is 0.605. The molecule has 0 aliphatic heterocycles. The number of carbonyl (C=O) groups excluding carboxylic acids is 2. The average Bonchev–Trinajstić information content (AvgIpc) is 3.29. The van der Waals surface area contributed by atoms with E-state index in [4.69, 9.17) is 27.6 Å². The Balaban J connectivity index is 1.45. The van der Waals surface area contributed by atoms with Gasteiger partial charge in [0.05, 0.1) is 23.6 Å². The maximum atomic E-state index is 12.6. The van der Waals surface area contributed by atoms with E-state index in [9.17, 15) is 9.59 Å². The van der Waals surface area contributed by atoms with Crippen molar-refractivity contribution in [3.63, 3.8) is 0 Å². The van der Waals surface area contributed by atoms with Crippen molar-refractivity contribution in [1.82, 2.24) is 20.4 Å². The number of carbonyl (C=O) groups is 2. The fourth-order valence-electron chi connectivity index (χ4n) is 3.90. The molecule has 1 aliphatic rings. The van der Waals surface area contributed by atoms with Crippen molar-refractivity contribution in [2.75, 3.05) is 6.54 Å². The summed E-state index contributed by atoms with van der Waals surface area (Å²) < 4.78 is 6.43. The van der Waals surface area contributed by atoms with E-state index in [1.54, 1.807) is 13.1 Å². The average molecular weight is 447 g/mol. The van der Waals surface area contributed by atoms with Crippen LogP contribution >= 0.6 is 23.2 Å². The predicted octanol–water partition coefficient (Wildman–Crippen LogP) is 3.58. The highest BCUT2D eigenvalue weighted by molar-refractivity contribution is 6.33. The molecule has 2 aromatic heterocycles. The van der Waals surface area contributed by atoms with Gasteiger partial charge in [0, 0.05) is 25.0 Å². The number of rotatable bonds is 6. The molecule has 4 rings (SSSR count). The van der Waals surface area contributed by atoms with Crippen LogP contribution in [0.3, 0.4) is 0 Å². The van der Waals surface area contributed by atoms with Crippen molar-refractivity contribution in [2.24, 2.45) is 7.05 Å². The zero-order valence-electron chi connectivity index (χ0n) is 16.2. The van der Waals surface area contributed by atoms with Crippen LogP contribution in [-0.4, -0.2) is 34.2 Å². The van der Waals surface area contributed by atoms with Crippen LogP contribution in [0.4, 0.5) is 0 Å². The Morgan fingerprint density at radius 2 is 1.90 bits per heavy atom. The van der Waals surface area contributed by atoms with E-state index in [-0.39, 0.29) is 33.6 Å². The van der Waals surface area contributed by atoms with Gasteiger partial charge in [-0.25, -0.2) is 0 Å². The van der Waals surface area contributed by atoms with Gasteiger partial charge >= 0.3 is 0 Å². The van der Waals surface area contributed by atoms with Crippen LogP contribution in [0.5, 0.6) is 0 Å².